The van der Waals surface area contributed by atoms with E-state index in [-0.39, 0.29) is 18.7 Å². The normalized spacial score (nSPS) is 28.1. The zero-order chi connectivity index (χ0) is 11.3. The number of amides is 1. The first-order chi connectivity index (χ1) is 6.85. The van der Waals surface area contributed by atoms with E-state index in [2.05, 4.69) is 0 Å². The first-order valence-electron chi connectivity index (χ1n) is 5.24. The van der Waals surface area contributed by atoms with Gasteiger partial charge in [-0.15, -0.1) is 0 Å². The molecule has 1 amide bonds. The fourth-order valence-electron chi connectivity index (χ4n) is 2.14. The fraction of sp³-hybridized carbons (Fsp3) is 0.900. The third kappa shape index (κ3) is 1.85. The number of β-amino-alcohol motifs (C(OH)–C–C–N with tert-alkyl or cyclic N) is 1. The number of halogens is 2. The van der Waals surface area contributed by atoms with E-state index in [0.29, 0.717) is 19.5 Å². The van der Waals surface area contributed by atoms with Crippen molar-refractivity contribution in [3.05, 3.63) is 0 Å². The molecule has 1 aliphatic carbocycles. The Bertz CT molecular complexity index is 279. The van der Waals surface area contributed by atoms with Crippen LogP contribution in [0.4, 0.5) is 8.78 Å². The summed E-state index contributed by atoms with van der Waals surface area (Å²) in [5.41, 5.74) is -0.776. The summed E-state index contributed by atoms with van der Waals surface area (Å²) in [7, 11) is 0. The zero-order valence-electron chi connectivity index (χ0n) is 8.67. The van der Waals surface area contributed by atoms with Gasteiger partial charge in [-0.25, -0.2) is 8.78 Å². The van der Waals surface area contributed by atoms with Crippen LogP contribution in [0.1, 0.15) is 26.2 Å². The minimum absolute atomic E-state index is 0.223. The van der Waals surface area contributed by atoms with Crippen LogP contribution < -0.4 is 0 Å². The third-order valence-electron chi connectivity index (χ3n) is 3.38. The first-order valence-corrected chi connectivity index (χ1v) is 5.24. The average Bonchev–Trinajstić information content (AvgIpc) is 2.07. The standard InChI is InChI=1S/C10H15F2NO2/c1-2-9(15)5-13(6-9)8(14)7-3-10(11,12)4-7/h7,15H,2-6H2,1H3. The molecule has 0 radical (unpaired) electrons. The summed E-state index contributed by atoms with van der Waals surface area (Å²) < 4.78 is 25.1. The van der Waals surface area contributed by atoms with Crippen LogP contribution in [0.5, 0.6) is 0 Å². The van der Waals surface area contributed by atoms with Crippen molar-refractivity contribution < 1.29 is 18.7 Å². The van der Waals surface area contributed by atoms with E-state index >= 15 is 0 Å². The molecule has 2 rings (SSSR count). The topological polar surface area (TPSA) is 40.5 Å². The Balaban J connectivity index is 1.81. The molecular weight excluding hydrogens is 204 g/mol. The van der Waals surface area contributed by atoms with Crippen molar-refractivity contribution in [1.82, 2.24) is 4.90 Å². The summed E-state index contributed by atoms with van der Waals surface area (Å²) in [6.45, 7) is 2.44. The summed E-state index contributed by atoms with van der Waals surface area (Å²) in [6.07, 6.45) is -0.0582. The molecule has 15 heavy (non-hydrogen) atoms. The van der Waals surface area contributed by atoms with E-state index in [1.807, 2.05) is 6.92 Å². The second-order valence-corrected chi connectivity index (χ2v) is 4.73. The largest absolute Gasteiger partial charge is 0.386 e. The van der Waals surface area contributed by atoms with Gasteiger partial charge in [0, 0.05) is 18.8 Å². The van der Waals surface area contributed by atoms with Gasteiger partial charge in [0.15, 0.2) is 0 Å². The van der Waals surface area contributed by atoms with Crippen LogP contribution in [-0.2, 0) is 4.79 Å². The maximum Gasteiger partial charge on any atom is 0.249 e. The highest BCUT2D eigenvalue weighted by atomic mass is 19.3. The minimum Gasteiger partial charge on any atom is -0.386 e. The smallest absolute Gasteiger partial charge is 0.249 e. The first kappa shape index (κ1) is 10.8. The number of carbonyl (C=O) groups excluding carboxylic acids is 1. The summed E-state index contributed by atoms with van der Waals surface area (Å²) >= 11 is 0. The predicted octanol–water partition coefficient (Wildman–Crippen LogP) is 1.01. The Morgan fingerprint density at radius 2 is 2.00 bits per heavy atom. The van der Waals surface area contributed by atoms with Crippen molar-refractivity contribution in [3.63, 3.8) is 0 Å². The van der Waals surface area contributed by atoms with Gasteiger partial charge in [-0.3, -0.25) is 4.79 Å². The van der Waals surface area contributed by atoms with Crippen LogP contribution in [0.25, 0.3) is 0 Å². The number of alkyl halides is 2. The highest BCUT2D eigenvalue weighted by Gasteiger charge is 2.52. The van der Waals surface area contributed by atoms with Crippen molar-refractivity contribution in [2.75, 3.05) is 13.1 Å². The van der Waals surface area contributed by atoms with E-state index in [1.54, 1.807) is 0 Å². The highest BCUT2D eigenvalue weighted by molar-refractivity contribution is 5.81. The monoisotopic (exact) mass is 219 g/mol. The van der Waals surface area contributed by atoms with Crippen LogP contribution >= 0.6 is 0 Å². The highest BCUT2D eigenvalue weighted by Crippen LogP contribution is 2.44. The van der Waals surface area contributed by atoms with Crippen molar-refractivity contribution in [3.8, 4) is 0 Å². The summed E-state index contributed by atoms with van der Waals surface area (Å²) in [5.74, 6) is -3.40. The molecule has 0 aromatic carbocycles. The number of aliphatic hydroxyl groups is 1. The molecule has 86 valence electrons. The quantitative estimate of drug-likeness (QED) is 0.753. The van der Waals surface area contributed by atoms with Crippen molar-refractivity contribution in [2.24, 2.45) is 5.92 Å². The Morgan fingerprint density at radius 1 is 1.47 bits per heavy atom. The molecule has 0 unspecified atom stereocenters. The molecule has 3 nitrogen and oxygen atoms in total. The number of hydrogen-bond donors (Lipinski definition) is 1. The van der Waals surface area contributed by atoms with Gasteiger partial charge < -0.3 is 10.0 Å². The molecule has 0 atom stereocenters. The van der Waals surface area contributed by atoms with Gasteiger partial charge in [0.05, 0.1) is 18.7 Å². The molecule has 5 heteroatoms. The van der Waals surface area contributed by atoms with Crippen LogP contribution in [-0.4, -0.2) is 40.5 Å². The molecule has 0 aromatic heterocycles. The van der Waals surface area contributed by atoms with Gasteiger partial charge in [0.1, 0.15) is 0 Å². The lowest BCUT2D eigenvalue weighted by Crippen LogP contribution is -2.65. The molecule has 1 N–H and O–H groups in total. The van der Waals surface area contributed by atoms with Crippen molar-refractivity contribution in [2.45, 2.75) is 37.7 Å². The van der Waals surface area contributed by atoms with Crippen LogP contribution in [0, 0.1) is 5.92 Å². The van der Waals surface area contributed by atoms with Gasteiger partial charge in [-0.2, -0.15) is 0 Å². The number of rotatable bonds is 2. The van der Waals surface area contributed by atoms with Crippen molar-refractivity contribution in [1.29, 1.82) is 0 Å². The van der Waals surface area contributed by atoms with Gasteiger partial charge in [0.25, 0.3) is 0 Å². The number of nitrogens with zero attached hydrogens (tertiary/aromatic N) is 1. The summed E-state index contributed by atoms with van der Waals surface area (Å²) in [5, 5.41) is 9.67. The molecule has 2 fully saturated rings. The van der Waals surface area contributed by atoms with Gasteiger partial charge >= 0.3 is 0 Å². The Morgan fingerprint density at radius 3 is 2.40 bits per heavy atom. The molecular formula is C10H15F2NO2. The zero-order valence-corrected chi connectivity index (χ0v) is 8.67. The number of likely N-dealkylation sites (tertiary alicyclic amines) is 1. The molecule has 1 aliphatic heterocycles. The molecule has 1 heterocycles. The van der Waals surface area contributed by atoms with E-state index in [0.717, 1.165) is 0 Å². The molecule has 0 aromatic rings. The van der Waals surface area contributed by atoms with Gasteiger partial charge in [-0.05, 0) is 6.42 Å². The van der Waals surface area contributed by atoms with Crippen LogP contribution in [0.2, 0.25) is 0 Å². The average molecular weight is 219 g/mol. The minimum atomic E-state index is -2.65. The maximum absolute atomic E-state index is 12.5. The molecule has 1 saturated heterocycles. The van der Waals surface area contributed by atoms with Gasteiger partial charge in [-0.1, -0.05) is 6.92 Å². The molecule has 0 bridgehead atoms. The lowest BCUT2D eigenvalue weighted by molar-refractivity contribution is -0.178. The fourth-order valence-corrected chi connectivity index (χ4v) is 2.14. The van der Waals surface area contributed by atoms with E-state index in [4.69, 9.17) is 0 Å². The Hall–Kier alpha value is -0.710. The van der Waals surface area contributed by atoms with E-state index in [9.17, 15) is 18.7 Å². The second-order valence-electron chi connectivity index (χ2n) is 4.73. The van der Waals surface area contributed by atoms with Crippen LogP contribution in [0.3, 0.4) is 0 Å². The second kappa shape index (κ2) is 3.14. The lowest BCUT2D eigenvalue weighted by atomic mass is 9.78. The van der Waals surface area contributed by atoms with E-state index < -0.39 is 17.4 Å². The summed E-state index contributed by atoms with van der Waals surface area (Å²) in [4.78, 5) is 13.1. The van der Waals surface area contributed by atoms with Crippen molar-refractivity contribution >= 4 is 5.91 Å². The number of carbonyl (C=O) groups is 1. The predicted molar refractivity (Wildman–Crippen MR) is 49.5 cm³/mol. The molecule has 1 saturated carbocycles. The third-order valence-corrected chi connectivity index (χ3v) is 3.38. The van der Waals surface area contributed by atoms with Gasteiger partial charge in [0.2, 0.25) is 11.8 Å². The Labute approximate surface area is 87.1 Å². The number of hydrogen-bond acceptors (Lipinski definition) is 2. The maximum atomic E-state index is 12.5. The molecule has 0 spiro atoms. The van der Waals surface area contributed by atoms with Crippen LogP contribution in [0.15, 0.2) is 0 Å². The SMILES string of the molecule is CCC1(O)CN(C(=O)C2CC(F)(F)C2)C1. The summed E-state index contributed by atoms with van der Waals surface area (Å²) in [6, 6.07) is 0. The molecule has 2 aliphatic rings. The Kier molecular flexibility index (Phi) is 2.26. The van der Waals surface area contributed by atoms with E-state index in [1.165, 1.54) is 4.90 Å². The lowest BCUT2D eigenvalue weighted by Gasteiger charge is -2.49.